The number of aliphatic hydroxyl groups excluding tert-OH is 1. The molecule has 0 heterocycles. The van der Waals surface area contributed by atoms with Gasteiger partial charge in [0, 0.05) is 12.0 Å². The number of methoxy groups -OCH3 is 1. The Balaban J connectivity index is 2.97. The summed E-state index contributed by atoms with van der Waals surface area (Å²) in [6.45, 7) is 1.85. The molecule has 0 aliphatic carbocycles. The minimum absolute atomic E-state index is 0.0607. The van der Waals surface area contributed by atoms with Gasteiger partial charge in [-0.25, -0.2) is 4.79 Å². The van der Waals surface area contributed by atoms with E-state index in [0.717, 1.165) is 11.1 Å². The van der Waals surface area contributed by atoms with Crippen LogP contribution in [0.5, 0.6) is 5.75 Å². The zero-order valence-corrected chi connectivity index (χ0v) is 8.73. The van der Waals surface area contributed by atoms with Crippen molar-refractivity contribution >= 4 is 5.97 Å². The third kappa shape index (κ3) is 2.70. The Kier molecular flexibility index (Phi) is 3.68. The molecule has 0 spiro atoms. The molecule has 1 rings (SSSR count). The lowest BCUT2D eigenvalue weighted by atomic mass is 10.0. The van der Waals surface area contributed by atoms with E-state index in [1.54, 1.807) is 6.07 Å². The Labute approximate surface area is 88.1 Å². The predicted octanol–water partition coefficient (Wildman–Crippen LogP) is 0.992. The molecule has 0 aliphatic heterocycles. The Morgan fingerprint density at radius 1 is 1.53 bits per heavy atom. The zero-order valence-electron chi connectivity index (χ0n) is 8.73. The van der Waals surface area contributed by atoms with Crippen molar-refractivity contribution in [3.8, 4) is 5.75 Å². The highest BCUT2D eigenvalue weighted by Crippen LogP contribution is 2.23. The first-order valence-corrected chi connectivity index (χ1v) is 4.59. The summed E-state index contributed by atoms with van der Waals surface area (Å²) in [5, 5.41) is 17.9. The number of hydrogen-bond donors (Lipinski definition) is 2. The number of benzene rings is 1. The van der Waals surface area contributed by atoms with Crippen molar-refractivity contribution in [3.05, 3.63) is 29.3 Å². The first kappa shape index (κ1) is 11.5. The van der Waals surface area contributed by atoms with E-state index < -0.39 is 12.1 Å². The molecule has 2 N–H and O–H groups in total. The molecule has 15 heavy (non-hydrogen) atoms. The van der Waals surface area contributed by atoms with Crippen molar-refractivity contribution in [1.29, 1.82) is 0 Å². The summed E-state index contributed by atoms with van der Waals surface area (Å²) >= 11 is 0. The van der Waals surface area contributed by atoms with Gasteiger partial charge in [0.1, 0.15) is 5.75 Å². The minimum atomic E-state index is -1.39. The monoisotopic (exact) mass is 210 g/mol. The number of rotatable bonds is 4. The van der Waals surface area contributed by atoms with Gasteiger partial charge in [0.15, 0.2) is 6.10 Å². The number of aryl methyl sites for hydroxylation is 1. The van der Waals surface area contributed by atoms with Crippen LogP contribution in [0.2, 0.25) is 0 Å². The molecule has 0 radical (unpaired) electrons. The van der Waals surface area contributed by atoms with E-state index in [9.17, 15) is 9.90 Å². The van der Waals surface area contributed by atoms with Gasteiger partial charge >= 0.3 is 5.97 Å². The molecule has 4 nitrogen and oxygen atoms in total. The number of ether oxygens (including phenoxy) is 1. The summed E-state index contributed by atoms with van der Waals surface area (Å²) in [5.41, 5.74) is 1.64. The first-order chi connectivity index (χ1) is 7.06. The zero-order chi connectivity index (χ0) is 11.4. The SMILES string of the molecule is COc1cccc(C)c1CC(O)C(=O)O. The van der Waals surface area contributed by atoms with E-state index in [0.29, 0.717) is 5.75 Å². The van der Waals surface area contributed by atoms with Crippen LogP contribution in [0.25, 0.3) is 0 Å². The summed E-state index contributed by atoms with van der Waals surface area (Å²) in [4.78, 5) is 10.5. The van der Waals surface area contributed by atoms with Gasteiger partial charge in [-0.05, 0) is 18.6 Å². The molecule has 4 heteroatoms. The molecule has 0 saturated carbocycles. The summed E-state index contributed by atoms with van der Waals surface area (Å²) in [6.07, 6.45) is -1.33. The standard InChI is InChI=1S/C11H14O4/c1-7-4-3-5-10(15-2)8(7)6-9(12)11(13)14/h3-5,9,12H,6H2,1-2H3,(H,13,14). The van der Waals surface area contributed by atoms with Gasteiger partial charge in [-0.2, -0.15) is 0 Å². The molecule has 0 aliphatic rings. The lowest BCUT2D eigenvalue weighted by molar-refractivity contribution is -0.146. The van der Waals surface area contributed by atoms with Crippen LogP contribution in [0.4, 0.5) is 0 Å². The smallest absolute Gasteiger partial charge is 0.332 e. The average molecular weight is 210 g/mol. The Bertz CT molecular complexity index is 360. The van der Waals surface area contributed by atoms with Crippen LogP contribution < -0.4 is 4.74 Å². The van der Waals surface area contributed by atoms with Crippen molar-refractivity contribution in [2.75, 3.05) is 7.11 Å². The molecule has 0 saturated heterocycles. The Morgan fingerprint density at radius 3 is 2.73 bits per heavy atom. The fourth-order valence-electron chi connectivity index (χ4n) is 1.41. The lowest BCUT2D eigenvalue weighted by Crippen LogP contribution is -2.22. The number of carboxylic acids is 1. The highest BCUT2D eigenvalue weighted by atomic mass is 16.5. The topological polar surface area (TPSA) is 66.8 Å². The van der Waals surface area contributed by atoms with Gasteiger partial charge in [-0.3, -0.25) is 0 Å². The number of aliphatic carboxylic acids is 1. The second-order valence-electron chi connectivity index (χ2n) is 3.31. The van der Waals surface area contributed by atoms with Crippen molar-refractivity contribution in [1.82, 2.24) is 0 Å². The van der Waals surface area contributed by atoms with Crippen molar-refractivity contribution in [2.24, 2.45) is 0 Å². The minimum Gasteiger partial charge on any atom is -0.496 e. The molecule has 1 unspecified atom stereocenters. The van der Waals surface area contributed by atoms with Crippen LogP contribution in [-0.4, -0.2) is 29.4 Å². The van der Waals surface area contributed by atoms with E-state index in [1.165, 1.54) is 7.11 Å². The summed E-state index contributed by atoms with van der Waals surface area (Å²) < 4.78 is 5.10. The van der Waals surface area contributed by atoms with Crippen molar-refractivity contribution in [3.63, 3.8) is 0 Å². The van der Waals surface area contributed by atoms with Gasteiger partial charge < -0.3 is 14.9 Å². The number of carbonyl (C=O) groups is 1. The number of aliphatic hydroxyl groups is 1. The van der Waals surface area contributed by atoms with E-state index in [1.807, 2.05) is 19.1 Å². The maximum atomic E-state index is 10.5. The highest BCUT2D eigenvalue weighted by Gasteiger charge is 2.17. The Morgan fingerprint density at radius 2 is 2.20 bits per heavy atom. The van der Waals surface area contributed by atoms with Crippen LogP contribution in [0.1, 0.15) is 11.1 Å². The Hall–Kier alpha value is -1.55. The predicted molar refractivity (Wildman–Crippen MR) is 55.1 cm³/mol. The van der Waals surface area contributed by atoms with E-state index in [2.05, 4.69) is 0 Å². The van der Waals surface area contributed by atoms with E-state index in [-0.39, 0.29) is 6.42 Å². The maximum absolute atomic E-state index is 10.5. The molecule has 0 fully saturated rings. The van der Waals surface area contributed by atoms with Gasteiger partial charge in [-0.1, -0.05) is 12.1 Å². The van der Waals surface area contributed by atoms with Crippen LogP contribution in [0, 0.1) is 6.92 Å². The van der Waals surface area contributed by atoms with Gasteiger partial charge in [0.25, 0.3) is 0 Å². The summed E-state index contributed by atoms with van der Waals surface area (Å²) in [5.74, 6) is -0.615. The third-order valence-corrected chi connectivity index (χ3v) is 2.27. The first-order valence-electron chi connectivity index (χ1n) is 4.59. The second-order valence-corrected chi connectivity index (χ2v) is 3.31. The van der Waals surface area contributed by atoms with Gasteiger partial charge in [0.05, 0.1) is 7.11 Å². The second kappa shape index (κ2) is 4.79. The van der Waals surface area contributed by atoms with E-state index in [4.69, 9.17) is 9.84 Å². The molecular formula is C11H14O4. The molecule has 1 aromatic carbocycles. The number of hydrogen-bond acceptors (Lipinski definition) is 3. The van der Waals surface area contributed by atoms with Crippen LogP contribution in [0.15, 0.2) is 18.2 Å². The van der Waals surface area contributed by atoms with Gasteiger partial charge in [0.2, 0.25) is 0 Å². The molecular weight excluding hydrogens is 196 g/mol. The molecule has 1 atom stereocenters. The molecule has 1 aromatic rings. The number of carboxylic acid groups (broad SMARTS) is 1. The molecule has 0 amide bonds. The summed E-state index contributed by atoms with van der Waals surface area (Å²) in [6, 6.07) is 5.42. The fourth-order valence-corrected chi connectivity index (χ4v) is 1.41. The van der Waals surface area contributed by atoms with Crippen LogP contribution in [-0.2, 0) is 11.2 Å². The van der Waals surface area contributed by atoms with Crippen LogP contribution in [0.3, 0.4) is 0 Å². The van der Waals surface area contributed by atoms with E-state index >= 15 is 0 Å². The fraction of sp³-hybridized carbons (Fsp3) is 0.364. The molecule has 0 bridgehead atoms. The molecule has 82 valence electrons. The largest absolute Gasteiger partial charge is 0.496 e. The third-order valence-electron chi connectivity index (χ3n) is 2.27. The average Bonchev–Trinajstić information content (AvgIpc) is 2.20. The van der Waals surface area contributed by atoms with Gasteiger partial charge in [-0.15, -0.1) is 0 Å². The highest BCUT2D eigenvalue weighted by molar-refractivity contribution is 5.72. The van der Waals surface area contributed by atoms with Crippen molar-refractivity contribution < 1.29 is 19.7 Å². The quantitative estimate of drug-likeness (QED) is 0.777. The lowest BCUT2D eigenvalue weighted by Gasteiger charge is -2.12. The summed E-state index contributed by atoms with van der Waals surface area (Å²) in [7, 11) is 1.52. The maximum Gasteiger partial charge on any atom is 0.332 e. The van der Waals surface area contributed by atoms with Crippen molar-refractivity contribution in [2.45, 2.75) is 19.4 Å². The van der Waals surface area contributed by atoms with Crippen LogP contribution >= 0.6 is 0 Å². The normalized spacial score (nSPS) is 12.2. The molecule has 0 aromatic heterocycles.